The van der Waals surface area contributed by atoms with Crippen LogP contribution in [0.3, 0.4) is 0 Å². The van der Waals surface area contributed by atoms with Crippen LogP contribution in [0, 0.1) is 0 Å². The number of aromatic carboxylic acids is 1. The van der Waals surface area contributed by atoms with Crippen LogP contribution in [0.1, 0.15) is 15.9 Å². The summed E-state index contributed by atoms with van der Waals surface area (Å²) in [7, 11) is 0. The number of rotatable bonds is 4. The first-order chi connectivity index (χ1) is 12.2. The van der Waals surface area contributed by atoms with E-state index >= 15 is 0 Å². The number of hydrogen-bond donors (Lipinski definition) is 1. The molecule has 0 amide bonds. The number of hydrogen-bond acceptors (Lipinski definition) is 2. The van der Waals surface area contributed by atoms with Crippen molar-refractivity contribution in [1.82, 2.24) is 9.78 Å². The predicted molar refractivity (Wildman–Crippen MR) is 97.7 cm³/mol. The normalized spacial score (nSPS) is 10.9. The van der Waals surface area contributed by atoms with Crippen LogP contribution in [-0.4, -0.2) is 20.9 Å². The van der Waals surface area contributed by atoms with E-state index in [1.54, 1.807) is 18.2 Å². The highest BCUT2D eigenvalue weighted by Gasteiger charge is 2.10. The second-order valence-corrected chi connectivity index (χ2v) is 5.94. The van der Waals surface area contributed by atoms with Crippen molar-refractivity contribution in [3.63, 3.8) is 0 Å². The van der Waals surface area contributed by atoms with Gasteiger partial charge >= 0.3 is 5.97 Å². The summed E-state index contributed by atoms with van der Waals surface area (Å²) in [4.78, 5) is 11.2. The number of benzene rings is 3. The van der Waals surface area contributed by atoms with Gasteiger partial charge in [0.15, 0.2) is 0 Å². The molecule has 0 fully saturated rings. The summed E-state index contributed by atoms with van der Waals surface area (Å²) in [5, 5.41) is 14.9. The summed E-state index contributed by atoms with van der Waals surface area (Å²) >= 11 is 0. The fourth-order valence-electron chi connectivity index (χ4n) is 3.02. The molecule has 0 saturated carbocycles. The summed E-state index contributed by atoms with van der Waals surface area (Å²) in [6.45, 7) is 0.699. The van der Waals surface area contributed by atoms with E-state index in [9.17, 15) is 9.90 Å². The summed E-state index contributed by atoms with van der Waals surface area (Å²) < 4.78 is 1.92. The Morgan fingerprint density at radius 3 is 2.56 bits per heavy atom. The fraction of sp³-hybridized carbons (Fsp3) is 0.0476. The predicted octanol–water partition coefficient (Wildman–Crippen LogP) is 4.45. The Morgan fingerprint density at radius 1 is 0.960 bits per heavy atom. The van der Waals surface area contributed by atoms with Gasteiger partial charge in [0.25, 0.3) is 0 Å². The second-order valence-electron chi connectivity index (χ2n) is 5.94. The molecule has 0 aliphatic heterocycles. The van der Waals surface area contributed by atoms with Crippen LogP contribution < -0.4 is 0 Å². The Balaban J connectivity index is 1.78. The zero-order valence-corrected chi connectivity index (χ0v) is 13.5. The zero-order chi connectivity index (χ0) is 17.2. The maximum absolute atomic E-state index is 11.2. The number of aromatic nitrogens is 2. The number of nitrogens with zero attached hydrogens (tertiary/aromatic N) is 2. The molecule has 0 aliphatic carbocycles. The third-order valence-electron chi connectivity index (χ3n) is 4.21. The second kappa shape index (κ2) is 6.24. The van der Waals surface area contributed by atoms with E-state index in [2.05, 4.69) is 17.2 Å². The van der Waals surface area contributed by atoms with Crippen molar-refractivity contribution in [2.45, 2.75) is 6.54 Å². The van der Waals surface area contributed by atoms with Gasteiger partial charge in [-0.25, -0.2) is 4.79 Å². The molecule has 4 heteroatoms. The maximum Gasteiger partial charge on any atom is 0.335 e. The van der Waals surface area contributed by atoms with Gasteiger partial charge in [-0.2, -0.15) is 5.10 Å². The van der Waals surface area contributed by atoms with Gasteiger partial charge in [0.1, 0.15) is 0 Å². The molecule has 4 aromatic rings. The van der Waals surface area contributed by atoms with Crippen LogP contribution in [0.5, 0.6) is 0 Å². The van der Waals surface area contributed by atoms with Gasteiger partial charge in [0.05, 0.1) is 17.6 Å². The number of carboxylic acid groups (broad SMARTS) is 1. The molecule has 4 nitrogen and oxygen atoms in total. The van der Waals surface area contributed by atoms with E-state index < -0.39 is 5.97 Å². The Kier molecular flexibility index (Phi) is 3.78. The Bertz CT molecular complexity index is 1050. The molecule has 1 N–H and O–H groups in total. The van der Waals surface area contributed by atoms with Crippen LogP contribution in [0.4, 0.5) is 0 Å². The van der Waals surface area contributed by atoms with E-state index in [4.69, 9.17) is 0 Å². The van der Waals surface area contributed by atoms with Gasteiger partial charge in [-0.3, -0.25) is 4.68 Å². The molecule has 122 valence electrons. The molecule has 0 radical (unpaired) electrons. The largest absolute Gasteiger partial charge is 0.478 e. The van der Waals surface area contributed by atoms with Crippen molar-refractivity contribution in [1.29, 1.82) is 0 Å². The minimum absolute atomic E-state index is 0.284. The standard InChI is InChI=1S/C21H16N2O2/c24-21(25)17-9-4-8-16(12-17)18-10-5-11-20-19(18)14-23(22-20)13-15-6-2-1-3-7-15/h1-12,14H,13H2,(H,24,25). The lowest BCUT2D eigenvalue weighted by molar-refractivity contribution is 0.0697. The molecular formula is C21H16N2O2. The average molecular weight is 328 g/mol. The molecule has 0 atom stereocenters. The van der Waals surface area contributed by atoms with Crippen molar-refractivity contribution >= 4 is 16.9 Å². The lowest BCUT2D eigenvalue weighted by Gasteiger charge is -2.04. The van der Waals surface area contributed by atoms with E-state index in [1.165, 1.54) is 5.56 Å². The van der Waals surface area contributed by atoms with E-state index in [1.807, 2.05) is 53.3 Å². The molecule has 0 bridgehead atoms. The van der Waals surface area contributed by atoms with Gasteiger partial charge in [-0.15, -0.1) is 0 Å². The number of carbonyl (C=O) groups is 1. The Hall–Kier alpha value is -3.40. The van der Waals surface area contributed by atoms with Gasteiger partial charge < -0.3 is 5.11 Å². The van der Waals surface area contributed by atoms with Crippen molar-refractivity contribution in [2.24, 2.45) is 0 Å². The molecule has 0 spiro atoms. The first-order valence-corrected chi connectivity index (χ1v) is 8.04. The molecule has 1 aromatic heterocycles. The molecular weight excluding hydrogens is 312 g/mol. The molecule has 0 aliphatic rings. The topological polar surface area (TPSA) is 55.1 Å². The lowest BCUT2D eigenvalue weighted by Crippen LogP contribution is -1.99. The fourth-order valence-corrected chi connectivity index (χ4v) is 3.02. The Labute approximate surface area is 145 Å². The zero-order valence-electron chi connectivity index (χ0n) is 13.5. The van der Waals surface area contributed by atoms with Crippen LogP contribution in [0.25, 0.3) is 22.0 Å². The van der Waals surface area contributed by atoms with Crippen molar-refractivity contribution in [3.05, 3.63) is 90.1 Å². The van der Waals surface area contributed by atoms with Crippen LogP contribution in [0.15, 0.2) is 79.0 Å². The third-order valence-corrected chi connectivity index (χ3v) is 4.21. The highest BCUT2D eigenvalue weighted by atomic mass is 16.4. The SMILES string of the molecule is O=C(O)c1cccc(-c2cccc3nn(Cc4ccccc4)cc23)c1. The highest BCUT2D eigenvalue weighted by Crippen LogP contribution is 2.29. The summed E-state index contributed by atoms with van der Waals surface area (Å²) in [6, 6.07) is 23.1. The minimum atomic E-state index is -0.922. The molecule has 25 heavy (non-hydrogen) atoms. The molecule has 4 rings (SSSR count). The van der Waals surface area contributed by atoms with Gasteiger partial charge in [0, 0.05) is 11.6 Å². The molecule has 3 aromatic carbocycles. The molecule has 1 heterocycles. The minimum Gasteiger partial charge on any atom is -0.478 e. The smallest absolute Gasteiger partial charge is 0.335 e. The van der Waals surface area contributed by atoms with Gasteiger partial charge in [0.2, 0.25) is 0 Å². The summed E-state index contributed by atoms with van der Waals surface area (Å²) in [5.74, 6) is -0.922. The van der Waals surface area contributed by atoms with Crippen molar-refractivity contribution in [3.8, 4) is 11.1 Å². The van der Waals surface area contributed by atoms with E-state index in [-0.39, 0.29) is 5.56 Å². The lowest BCUT2D eigenvalue weighted by atomic mass is 10.00. The first-order valence-electron chi connectivity index (χ1n) is 8.04. The quantitative estimate of drug-likeness (QED) is 0.602. The molecule has 0 saturated heterocycles. The van der Waals surface area contributed by atoms with Gasteiger partial charge in [-0.05, 0) is 34.9 Å². The Morgan fingerprint density at radius 2 is 1.76 bits per heavy atom. The van der Waals surface area contributed by atoms with Gasteiger partial charge in [-0.1, -0.05) is 54.6 Å². The van der Waals surface area contributed by atoms with Crippen molar-refractivity contribution < 1.29 is 9.90 Å². The number of carboxylic acids is 1. The average Bonchev–Trinajstić information content (AvgIpc) is 3.05. The maximum atomic E-state index is 11.2. The third kappa shape index (κ3) is 3.02. The monoisotopic (exact) mass is 328 g/mol. The molecule has 0 unspecified atom stereocenters. The van der Waals surface area contributed by atoms with Crippen molar-refractivity contribution in [2.75, 3.05) is 0 Å². The summed E-state index contributed by atoms with van der Waals surface area (Å²) in [6.07, 6.45) is 2.02. The highest BCUT2D eigenvalue weighted by molar-refractivity contribution is 5.96. The van der Waals surface area contributed by atoms with Crippen LogP contribution in [0.2, 0.25) is 0 Å². The first kappa shape index (κ1) is 15.1. The van der Waals surface area contributed by atoms with Crippen LogP contribution >= 0.6 is 0 Å². The summed E-state index contributed by atoms with van der Waals surface area (Å²) in [5.41, 5.74) is 4.23. The number of fused-ring (bicyclic) bond motifs is 1. The van der Waals surface area contributed by atoms with Crippen LogP contribution in [-0.2, 0) is 6.54 Å². The van der Waals surface area contributed by atoms with E-state index in [0.29, 0.717) is 6.54 Å². The van der Waals surface area contributed by atoms with E-state index in [0.717, 1.165) is 22.0 Å².